The number of aromatic nitrogens is 2. The lowest BCUT2D eigenvalue weighted by molar-refractivity contribution is 0.111. The van der Waals surface area contributed by atoms with Crippen LogP contribution in [0.2, 0.25) is 10.0 Å². The number of nitrogens with zero attached hydrogens (tertiary/aromatic N) is 3. The number of hydrogen-bond donors (Lipinski definition) is 0. The standard InChI is InChI=1S/C20H25Cl2N3O3/c1-5-24-19(16-7-6-13(21)8-17(16)22)23-12(2)18(20(24)26)25-10-15(28-4)9-14(25)11-27-3/h6-8,14-15H,5,9-11H2,1-4H3/t14-,15+/m0/s1. The number of benzene rings is 1. The Hall–Kier alpha value is -1.60. The Labute approximate surface area is 175 Å². The number of methoxy groups -OCH3 is 2. The fourth-order valence-electron chi connectivity index (χ4n) is 3.82. The summed E-state index contributed by atoms with van der Waals surface area (Å²) in [6.45, 7) is 5.41. The van der Waals surface area contributed by atoms with Gasteiger partial charge in [0.05, 0.1) is 29.5 Å². The highest BCUT2D eigenvalue weighted by Crippen LogP contribution is 2.32. The van der Waals surface area contributed by atoms with Crippen LogP contribution in [-0.4, -0.2) is 49.1 Å². The van der Waals surface area contributed by atoms with Gasteiger partial charge in [0, 0.05) is 37.9 Å². The fourth-order valence-corrected chi connectivity index (χ4v) is 4.31. The first-order chi connectivity index (χ1) is 13.4. The molecular formula is C20H25Cl2N3O3. The molecule has 0 bridgehead atoms. The molecule has 8 heteroatoms. The zero-order valence-corrected chi connectivity index (χ0v) is 18.0. The second-order valence-electron chi connectivity index (χ2n) is 6.90. The van der Waals surface area contributed by atoms with Gasteiger partial charge in [-0.3, -0.25) is 9.36 Å². The van der Waals surface area contributed by atoms with E-state index < -0.39 is 0 Å². The Kier molecular flexibility index (Phi) is 6.65. The molecule has 152 valence electrons. The van der Waals surface area contributed by atoms with Crippen LogP contribution in [0.1, 0.15) is 19.0 Å². The Morgan fingerprint density at radius 1 is 1.29 bits per heavy atom. The topological polar surface area (TPSA) is 56.6 Å². The third-order valence-electron chi connectivity index (χ3n) is 5.16. The first-order valence-corrected chi connectivity index (χ1v) is 10.0. The summed E-state index contributed by atoms with van der Waals surface area (Å²) in [5, 5.41) is 1.00. The molecule has 0 unspecified atom stereocenters. The summed E-state index contributed by atoms with van der Waals surface area (Å²) in [5.41, 5.74) is 1.85. The van der Waals surface area contributed by atoms with E-state index in [1.165, 1.54) is 0 Å². The van der Waals surface area contributed by atoms with E-state index in [-0.39, 0.29) is 17.7 Å². The van der Waals surface area contributed by atoms with Crippen LogP contribution in [0, 0.1) is 6.92 Å². The van der Waals surface area contributed by atoms with Crippen LogP contribution in [0.4, 0.5) is 5.69 Å². The van der Waals surface area contributed by atoms with Crippen molar-refractivity contribution in [1.82, 2.24) is 9.55 Å². The molecule has 1 fully saturated rings. The monoisotopic (exact) mass is 425 g/mol. The SMILES string of the molecule is CCn1c(-c2ccc(Cl)cc2Cl)nc(C)c(N2C[C@H](OC)C[C@H]2COC)c1=O. The highest BCUT2D eigenvalue weighted by Gasteiger charge is 2.35. The molecule has 1 aliphatic heterocycles. The van der Waals surface area contributed by atoms with Crippen LogP contribution in [0.3, 0.4) is 0 Å². The number of halogens is 2. The van der Waals surface area contributed by atoms with E-state index in [9.17, 15) is 4.79 Å². The van der Waals surface area contributed by atoms with E-state index in [1.54, 1.807) is 37.0 Å². The van der Waals surface area contributed by atoms with E-state index in [0.29, 0.717) is 52.5 Å². The number of rotatable bonds is 6. The van der Waals surface area contributed by atoms with Crippen molar-refractivity contribution in [3.63, 3.8) is 0 Å². The van der Waals surface area contributed by atoms with Crippen LogP contribution in [0.5, 0.6) is 0 Å². The van der Waals surface area contributed by atoms with Crippen molar-refractivity contribution >= 4 is 28.9 Å². The Bertz CT molecular complexity index is 916. The van der Waals surface area contributed by atoms with Gasteiger partial charge in [-0.25, -0.2) is 4.98 Å². The lowest BCUT2D eigenvalue weighted by atomic mass is 10.1. The number of ether oxygens (including phenoxy) is 2. The van der Waals surface area contributed by atoms with Gasteiger partial charge in [-0.1, -0.05) is 23.2 Å². The second kappa shape index (κ2) is 8.82. The summed E-state index contributed by atoms with van der Waals surface area (Å²) in [6.07, 6.45) is 0.861. The van der Waals surface area contributed by atoms with Gasteiger partial charge in [-0.05, 0) is 38.5 Å². The summed E-state index contributed by atoms with van der Waals surface area (Å²) < 4.78 is 12.6. The van der Waals surface area contributed by atoms with Crippen LogP contribution in [-0.2, 0) is 16.0 Å². The van der Waals surface area contributed by atoms with Crippen molar-refractivity contribution in [3.05, 3.63) is 44.3 Å². The number of anilines is 1. The summed E-state index contributed by atoms with van der Waals surface area (Å²) in [4.78, 5) is 20.3. The Balaban J connectivity index is 2.14. The van der Waals surface area contributed by atoms with E-state index in [4.69, 9.17) is 37.7 Å². The van der Waals surface area contributed by atoms with Gasteiger partial charge >= 0.3 is 0 Å². The maximum absolute atomic E-state index is 13.5. The summed E-state index contributed by atoms with van der Waals surface area (Å²) in [6, 6.07) is 5.27. The van der Waals surface area contributed by atoms with E-state index in [1.807, 2.05) is 13.8 Å². The zero-order valence-electron chi connectivity index (χ0n) is 16.5. The molecule has 2 atom stereocenters. The summed E-state index contributed by atoms with van der Waals surface area (Å²) in [7, 11) is 3.36. The van der Waals surface area contributed by atoms with Gasteiger partial charge in [-0.2, -0.15) is 0 Å². The maximum atomic E-state index is 13.5. The third kappa shape index (κ3) is 3.92. The van der Waals surface area contributed by atoms with Crippen LogP contribution < -0.4 is 10.5 Å². The Morgan fingerprint density at radius 3 is 2.64 bits per heavy atom. The molecular weight excluding hydrogens is 401 g/mol. The highest BCUT2D eigenvalue weighted by molar-refractivity contribution is 6.36. The average Bonchev–Trinajstić information content (AvgIpc) is 3.04. The predicted octanol–water partition coefficient (Wildman–Crippen LogP) is 3.79. The van der Waals surface area contributed by atoms with Gasteiger partial charge in [0.25, 0.3) is 5.56 Å². The molecule has 0 N–H and O–H groups in total. The zero-order chi connectivity index (χ0) is 20.4. The quantitative estimate of drug-likeness (QED) is 0.704. The molecule has 0 radical (unpaired) electrons. The van der Waals surface area contributed by atoms with Crippen molar-refractivity contribution in [3.8, 4) is 11.4 Å². The first-order valence-electron chi connectivity index (χ1n) is 9.26. The summed E-state index contributed by atoms with van der Waals surface area (Å²) in [5.74, 6) is 0.543. The summed E-state index contributed by atoms with van der Waals surface area (Å²) >= 11 is 12.4. The molecule has 1 aromatic carbocycles. The molecule has 6 nitrogen and oxygen atoms in total. The lowest BCUT2D eigenvalue weighted by Crippen LogP contribution is -2.40. The van der Waals surface area contributed by atoms with Crippen molar-refractivity contribution in [2.75, 3.05) is 32.3 Å². The van der Waals surface area contributed by atoms with Crippen LogP contribution in [0.15, 0.2) is 23.0 Å². The molecule has 2 aromatic rings. The van der Waals surface area contributed by atoms with E-state index in [0.717, 1.165) is 6.42 Å². The van der Waals surface area contributed by atoms with Gasteiger partial charge in [0.15, 0.2) is 0 Å². The molecule has 0 aliphatic carbocycles. The minimum absolute atomic E-state index is 0.0550. The van der Waals surface area contributed by atoms with Gasteiger partial charge in [-0.15, -0.1) is 0 Å². The smallest absolute Gasteiger partial charge is 0.277 e. The van der Waals surface area contributed by atoms with Crippen molar-refractivity contribution in [1.29, 1.82) is 0 Å². The number of aryl methyl sites for hydroxylation is 1. The van der Waals surface area contributed by atoms with Crippen molar-refractivity contribution in [2.45, 2.75) is 39.0 Å². The number of hydrogen-bond acceptors (Lipinski definition) is 5. The van der Waals surface area contributed by atoms with Crippen molar-refractivity contribution in [2.24, 2.45) is 0 Å². The molecule has 1 saturated heterocycles. The average molecular weight is 426 g/mol. The van der Waals surface area contributed by atoms with Crippen LogP contribution >= 0.6 is 23.2 Å². The third-order valence-corrected chi connectivity index (χ3v) is 5.71. The molecule has 0 amide bonds. The fraction of sp³-hybridized carbons (Fsp3) is 0.500. The minimum Gasteiger partial charge on any atom is -0.383 e. The maximum Gasteiger partial charge on any atom is 0.277 e. The van der Waals surface area contributed by atoms with Crippen molar-refractivity contribution < 1.29 is 9.47 Å². The normalized spacial score (nSPS) is 19.4. The Morgan fingerprint density at radius 2 is 2.04 bits per heavy atom. The molecule has 3 rings (SSSR count). The molecule has 1 aromatic heterocycles. The molecule has 0 spiro atoms. The minimum atomic E-state index is -0.0890. The van der Waals surface area contributed by atoms with Gasteiger partial charge in [0.1, 0.15) is 11.5 Å². The van der Waals surface area contributed by atoms with Gasteiger partial charge in [0.2, 0.25) is 0 Å². The molecule has 0 saturated carbocycles. The second-order valence-corrected chi connectivity index (χ2v) is 7.74. The van der Waals surface area contributed by atoms with E-state index >= 15 is 0 Å². The van der Waals surface area contributed by atoms with Crippen LogP contribution in [0.25, 0.3) is 11.4 Å². The lowest BCUT2D eigenvalue weighted by Gasteiger charge is -2.27. The molecule has 28 heavy (non-hydrogen) atoms. The predicted molar refractivity (Wildman–Crippen MR) is 113 cm³/mol. The highest BCUT2D eigenvalue weighted by atomic mass is 35.5. The molecule has 1 aliphatic rings. The first kappa shape index (κ1) is 21.1. The molecule has 2 heterocycles. The van der Waals surface area contributed by atoms with E-state index in [2.05, 4.69) is 4.90 Å². The largest absolute Gasteiger partial charge is 0.383 e. The van der Waals surface area contributed by atoms with Gasteiger partial charge < -0.3 is 14.4 Å².